The summed E-state index contributed by atoms with van der Waals surface area (Å²) in [5, 5.41) is 5.40. The number of hydrogen-bond donors (Lipinski definition) is 1. The third-order valence-electron chi connectivity index (χ3n) is 3.23. The van der Waals surface area contributed by atoms with Crippen molar-refractivity contribution in [1.82, 2.24) is 4.98 Å². The Balaban J connectivity index is 1.60. The zero-order valence-electron chi connectivity index (χ0n) is 13.1. The van der Waals surface area contributed by atoms with E-state index < -0.39 is 0 Å². The number of rotatable bonds is 6. The van der Waals surface area contributed by atoms with Crippen molar-refractivity contribution in [3.8, 4) is 5.75 Å². The summed E-state index contributed by atoms with van der Waals surface area (Å²) in [6, 6.07) is 17.2. The fraction of sp³-hybridized carbons (Fsp3) is 0.111. The molecule has 0 atom stereocenters. The summed E-state index contributed by atoms with van der Waals surface area (Å²) < 4.78 is 5.14. The predicted octanol–water partition coefficient (Wildman–Crippen LogP) is 4.70. The Morgan fingerprint density at radius 3 is 2.83 bits per heavy atom. The number of benzene rings is 2. The molecule has 0 aliphatic heterocycles. The van der Waals surface area contributed by atoms with E-state index in [0.29, 0.717) is 16.4 Å². The molecule has 0 saturated carbocycles. The van der Waals surface area contributed by atoms with Crippen LogP contribution in [-0.2, 0) is 5.75 Å². The van der Waals surface area contributed by atoms with E-state index >= 15 is 0 Å². The first kappa shape index (κ1) is 16.5. The van der Waals surface area contributed by atoms with Crippen molar-refractivity contribution in [3.63, 3.8) is 0 Å². The molecule has 1 amide bonds. The molecule has 4 nitrogen and oxygen atoms in total. The van der Waals surface area contributed by atoms with Crippen LogP contribution in [0.25, 0.3) is 0 Å². The number of aromatic nitrogens is 1. The van der Waals surface area contributed by atoms with Crippen LogP contribution in [0.2, 0.25) is 0 Å². The van der Waals surface area contributed by atoms with Crippen LogP contribution in [0, 0.1) is 0 Å². The molecule has 3 aromatic rings. The van der Waals surface area contributed by atoms with Gasteiger partial charge in [-0.15, -0.1) is 23.1 Å². The summed E-state index contributed by atoms with van der Waals surface area (Å²) in [6.45, 7) is 0. The van der Waals surface area contributed by atoms with E-state index in [9.17, 15) is 4.79 Å². The van der Waals surface area contributed by atoms with Crippen molar-refractivity contribution < 1.29 is 9.53 Å². The first-order chi connectivity index (χ1) is 11.7. The first-order valence-electron chi connectivity index (χ1n) is 7.32. The second-order valence-electron chi connectivity index (χ2n) is 4.93. The van der Waals surface area contributed by atoms with E-state index in [1.807, 2.05) is 23.6 Å². The molecular weight excluding hydrogens is 340 g/mol. The summed E-state index contributed by atoms with van der Waals surface area (Å²) in [4.78, 5) is 17.9. The van der Waals surface area contributed by atoms with Gasteiger partial charge in [0.05, 0.1) is 12.8 Å². The lowest BCUT2D eigenvalue weighted by atomic mass is 10.2. The fourth-order valence-corrected chi connectivity index (χ4v) is 3.66. The lowest BCUT2D eigenvalue weighted by molar-refractivity contribution is 0.102. The Labute approximate surface area is 148 Å². The highest BCUT2D eigenvalue weighted by molar-refractivity contribution is 7.98. The number of amides is 1. The van der Waals surface area contributed by atoms with Crippen LogP contribution in [0.1, 0.15) is 16.1 Å². The lowest BCUT2D eigenvalue weighted by Crippen LogP contribution is -2.11. The van der Waals surface area contributed by atoms with Crippen molar-refractivity contribution in [1.29, 1.82) is 0 Å². The van der Waals surface area contributed by atoms with Crippen molar-refractivity contribution in [2.75, 3.05) is 12.4 Å². The van der Waals surface area contributed by atoms with E-state index in [4.69, 9.17) is 4.74 Å². The summed E-state index contributed by atoms with van der Waals surface area (Å²) in [5.74, 6) is 1.24. The van der Waals surface area contributed by atoms with Gasteiger partial charge < -0.3 is 4.74 Å². The van der Waals surface area contributed by atoms with E-state index in [1.54, 1.807) is 43.1 Å². The molecule has 0 spiro atoms. The van der Waals surface area contributed by atoms with Crippen LogP contribution in [0.4, 0.5) is 5.13 Å². The Bertz CT molecular complexity index is 819. The second kappa shape index (κ2) is 7.99. The normalized spacial score (nSPS) is 10.4. The number of ether oxygens (including phenoxy) is 1. The third-order valence-corrected chi connectivity index (χ3v) is 5.09. The van der Waals surface area contributed by atoms with Gasteiger partial charge in [-0.3, -0.25) is 10.1 Å². The highest BCUT2D eigenvalue weighted by Gasteiger charge is 2.10. The summed E-state index contributed by atoms with van der Waals surface area (Å²) >= 11 is 3.15. The number of carbonyl (C=O) groups excluding carboxylic acids is 1. The maximum atomic E-state index is 12.3. The molecule has 0 unspecified atom stereocenters. The van der Waals surface area contributed by atoms with Gasteiger partial charge in [-0.05, 0) is 30.3 Å². The first-order valence-corrected chi connectivity index (χ1v) is 9.19. The number of carbonyl (C=O) groups is 1. The Kier molecular flexibility index (Phi) is 5.51. The largest absolute Gasteiger partial charge is 0.497 e. The SMILES string of the molecule is COc1cccc(C(=O)Nc2nc(CSc3ccccc3)cs2)c1. The quantitative estimate of drug-likeness (QED) is 0.651. The van der Waals surface area contributed by atoms with Gasteiger partial charge in [0.1, 0.15) is 5.75 Å². The van der Waals surface area contributed by atoms with Gasteiger partial charge in [0.15, 0.2) is 5.13 Å². The van der Waals surface area contributed by atoms with Gasteiger partial charge in [0.2, 0.25) is 0 Å². The number of nitrogens with one attached hydrogen (secondary N) is 1. The molecule has 0 fully saturated rings. The fourth-order valence-electron chi connectivity index (χ4n) is 2.04. The Morgan fingerprint density at radius 1 is 1.21 bits per heavy atom. The van der Waals surface area contributed by atoms with Gasteiger partial charge in [-0.2, -0.15) is 0 Å². The minimum absolute atomic E-state index is 0.189. The molecule has 24 heavy (non-hydrogen) atoms. The van der Waals surface area contributed by atoms with Crippen LogP contribution in [0.15, 0.2) is 64.9 Å². The van der Waals surface area contributed by atoms with E-state index in [0.717, 1.165) is 11.4 Å². The molecule has 2 aromatic carbocycles. The minimum Gasteiger partial charge on any atom is -0.497 e. The molecule has 6 heteroatoms. The lowest BCUT2D eigenvalue weighted by Gasteiger charge is -2.04. The molecule has 0 aliphatic carbocycles. The standard InChI is InChI=1S/C18H16N2O2S2/c1-22-15-7-5-6-13(10-15)17(21)20-18-19-14(12-24-18)11-23-16-8-3-2-4-9-16/h2-10,12H,11H2,1H3,(H,19,20,21). The Hall–Kier alpha value is -2.31. The zero-order chi connectivity index (χ0) is 16.8. The Morgan fingerprint density at radius 2 is 2.04 bits per heavy atom. The van der Waals surface area contributed by atoms with Gasteiger partial charge >= 0.3 is 0 Å². The smallest absolute Gasteiger partial charge is 0.257 e. The summed E-state index contributed by atoms with van der Waals surface area (Å²) in [6.07, 6.45) is 0. The molecule has 1 N–H and O–H groups in total. The molecular formula is C18H16N2O2S2. The maximum absolute atomic E-state index is 12.3. The van der Waals surface area contributed by atoms with Crippen LogP contribution in [0.5, 0.6) is 5.75 Å². The molecule has 0 aliphatic rings. The minimum atomic E-state index is -0.189. The zero-order valence-corrected chi connectivity index (χ0v) is 14.7. The topological polar surface area (TPSA) is 51.2 Å². The van der Waals surface area contributed by atoms with Gasteiger partial charge in [0, 0.05) is 21.6 Å². The predicted molar refractivity (Wildman–Crippen MR) is 99.1 cm³/mol. The van der Waals surface area contributed by atoms with Crippen LogP contribution >= 0.6 is 23.1 Å². The average Bonchev–Trinajstić information content (AvgIpc) is 3.08. The van der Waals surface area contributed by atoms with Crippen molar-refractivity contribution in [2.45, 2.75) is 10.6 Å². The third kappa shape index (κ3) is 4.37. The molecule has 1 aromatic heterocycles. The number of anilines is 1. The molecule has 3 rings (SSSR count). The maximum Gasteiger partial charge on any atom is 0.257 e. The molecule has 122 valence electrons. The molecule has 1 heterocycles. The second-order valence-corrected chi connectivity index (χ2v) is 6.84. The van der Waals surface area contributed by atoms with Gasteiger partial charge in [0.25, 0.3) is 5.91 Å². The van der Waals surface area contributed by atoms with Crippen molar-refractivity contribution >= 4 is 34.1 Å². The van der Waals surface area contributed by atoms with Gasteiger partial charge in [-0.1, -0.05) is 24.3 Å². The number of nitrogens with zero attached hydrogens (tertiary/aromatic N) is 1. The molecule has 0 radical (unpaired) electrons. The van der Waals surface area contributed by atoms with E-state index in [2.05, 4.69) is 22.4 Å². The number of thiazole rings is 1. The number of hydrogen-bond acceptors (Lipinski definition) is 5. The highest BCUT2D eigenvalue weighted by Crippen LogP contribution is 2.25. The van der Waals surface area contributed by atoms with E-state index in [-0.39, 0.29) is 5.91 Å². The molecule has 0 saturated heterocycles. The molecule has 0 bridgehead atoms. The van der Waals surface area contributed by atoms with E-state index in [1.165, 1.54) is 16.2 Å². The highest BCUT2D eigenvalue weighted by atomic mass is 32.2. The van der Waals surface area contributed by atoms with Crippen molar-refractivity contribution in [2.24, 2.45) is 0 Å². The number of methoxy groups -OCH3 is 1. The summed E-state index contributed by atoms with van der Waals surface area (Å²) in [7, 11) is 1.58. The van der Waals surface area contributed by atoms with Crippen LogP contribution < -0.4 is 10.1 Å². The average molecular weight is 356 g/mol. The monoisotopic (exact) mass is 356 g/mol. The van der Waals surface area contributed by atoms with Gasteiger partial charge in [-0.25, -0.2) is 4.98 Å². The van der Waals surface area contributed by atoms with Crippen LogP contribution in [-0.4, -0.2) is 18.0 Å². The van der Waals surface area contributed by atoms with Crippen LogP contribution in [0.3, 0.4) is 0 Å². The van der Waals surface area contributed by atoms with Crippen molar-refractivity contribution in [3.05, 3.63) is 71.2 Å². The summed E-state index contributed by atoms with van der Waals surface area (Å²) in [5.41, 5.74) is 1.50. The number of thioether (sulfide) groups is 1.